The summed E-state index contributed by atoms with van der Waals surface area (Å²) in [6.07, 6.45) is 0.296. The third-order valence-corrected chi connectivity index (χ3v) is 7.05. The van der Waals surface area contributed by atoms with Crippen molar-refractivity contribution in [3.05, 3.63) is 61.8 Å². The third-order valence-electron chi connectivity index (χ3n) is 6.36. The molecule has 0 aliphatic carbocycles. The number of aromatic nitrogens is 2. The van der Waals surface area contributed by atoms with Gasteiger partial charge in [0.1, 0.15) is 18.6 Å². The minimum absolute atomic E-state index is 0.114. The first kappa shape index (κ1) is 20.8. The zero-order valence-corrected chi connectivity index (χ0v) is 18.9. The van der Waals surface area contributed by atoms with Gasteiger partial charge in [-0.15, -0.1) is 0 Å². The molecule has 2 aliphatic heterocycles. The molecule has 1 atom stereocenters. The van der Waals surface area contributed by atoms with E-state index in [1.807, 2.05) is 30.3 Å². The van der Waals surface area contributed by atoms with Crippen molar-refractivity contribution in [2.24, 2.45) is 5.73 Å². The second-order valence-electron chi connectivity index (χ2n) is 7.99. The van der Waals surface area contributed by atoms with Crippen LogP contribution in [0.5, 0.6) is 0 Å². The summed E-state index contributed by atoms with van der Waals surface area (Å²) < 4.78 is 13.2. The SMILES string of the molecule is CC[C@@]1(COC(=O)CN)C(=O)OCc2c1cc1n(c2=O)Cc2cc3c(Br)cccc3nc2-1. The molecule has 0 bridgehead atoms. The summed E-state index contributed by atoms with van der Waals surface area (Å²) in [5.74, 6) is -1.14. The summed E-state index contributed by atoms with van der Waals surface area (Å²) in [4.78, 5) is 42.9. The van der Waals surface area contributed by atoms with Gasteiger partial charge in [0, 0.05) is 15.4 Å². The summed E-state index contributed by atoms with van der Waals surface area (Å²) in [6, 6.07) is 9.64. The Morgan fingerprint density at radius 3 is 2.91 bits per heavy atom. The molecular formula is C23H20BrN3O5. The van der Waals surface area contributed by atoms with Gasteiger partial charge >= 0.3 is 11.9 Å². The number of esters is 2. The zero-order valence-electron chi connectivity index (χ0n) is 17.3. The molecule has 1 aromatic carbocycles. The van der Waals surface area contributed by atoms with Crippen molar-refractivity contribution in [3.63, 3.8) is 0 Å². The second-order valence-corrected chi connectivity index (χ2v) is 8.85. The fraction of sp³-hybridized carbons (Fsp3) is 0.304. The monoisotopic (exact) mass is 497 g/mol. The molecule has 164 valence electrons. The molecule has 0 spiro atoms. The summed E-state index contributed by atoms with van der Waals surface area (Å²) in [5.41, 5.74) is 7.86. The Hall–Kier alpha value is -3.04. The van der Waals surface area contributed by atoms with Gasteiger partial charge in [0.15, 0.2) is 0 Å². The number of nitrogens with zero attached hydrogens (tertiary/aromatic N) is 2. The van der Waals surface area contributed by atoms with Crippen LogP contribution in [-0.4, -0.2) is 34.6 Å². The van der Waals surface area contributed by atoms with Crippen LogP contribution in [0.15, 0.2) is 39.6 Å². The Kier molecular flexibility index (Phi) is 4.90. The maximum atomic E-state index is 13.4. The summed E-state index contributed by atoms with van der Waals surface area (Å²) in [7, 11) is 0. The predicted octanol–water partition coefficient (Wildman–Crippen LogP) is 2.39. The molecular weight excluding hydrogens is 478 g/mol. The van der Waals surface area contributed by atoms with Gasteiger partial charge in [-0.2, -0.15) is 0 Å². The standard InChI is InChI=1S/C23H20BrN3O5/c1-2-23(11-32-19(28)8-25)15-7-18-20-12(6-13-16(24)4-3-5-17(13)26-20)9-27(18)21(29)14(15)10-31-22(23)30/h3-7H,2,8-11,25H2,1H3/t23-/m0/s1. The minimum Gasteiger partial charge on any atom is -0.463 e. The number of hydrogen-bond acceptors (Lipinski definition) is 7. The Balaban J connectivity index is 1.72. The lowest BCUT2D eigenvalue weighted by atomic mass is 9.75. The largest absolute Gasteiger partial charge is 0.463 e. The second kappa shape index (κ2) is 7.53. The van der Waals surface area contributed by atoms with Crippen molar-refractivity contribution in [1.82, 2.24) is 9.55 Å². The van der Waals surface area contributed by atoms with Gasteiger partial charge in [-0.1, -0.05) is 28.9 Å². The van der Waals surface area contributed by atoms with E-state index in [4.69, 9.17) is 20.2 Å². The normalized spacial score (nSPS) is 18.7. The van der Waals surface area contributed by atoms with Crippen LogP contribution in [0.1, 0.15) is 30.0 Å². The number of fused-ring (bicyclic) bond motifs is 5. The summed E-state index contributed by atoms with van der Waals surface area (Å²) in [5, 5.41) is 0.965. The van der Waals surface area contributed by atoms with Gasteiger partial charge in [-0.05, 0) is 36.2 Å². The van der Waals surface area contributed by atoms with Crippen LogP contribution in [-0.2, 0) is 37.6 Å². The van der Waals surface area contributed by atoms with E-state index in [1.165, 1.54) is 0 Å². The summed E-state index contributed by atoms with van der Waals surface area (Å²) in [6.45, 7) is 1.54. The first-order chi connectivity index (χ1) is 15.4. The van der Waals surface area contributed by atoms with Crippen LogP contribution >= 0.6 is 15.9 Å². The molecule has 2 N–H and O–H groups in total. The molecule has 32 heavy (non-hydrogen) atoms. The smallest absolute Gasteiger partial charge is 0.320 e. The molecule has 8 nitrogen and oxygen atoms in total. The van der Waals surface area contributed by atoms with Crippen LogP contribution in [0.4, 0.5) is 0 Å². The molecule has 3 aromatic rings. The zero-order chi connectivity index (χ0) is 22.6. The number of hydrogen-bond donors (Lipinski definition) is 1. The van der Waals surface area contributed by atoms with Crippen molar-refractivity contribution in [1.29, 1.82) is 0 Å². The lowest BCUT2D eigenvalue weighted by molar-refractivity contribution is -0.160. The molecule has 2 aromatic heterocycles. The number of ether oxygens (including phenoxy) is 2. The molecule has 5 rings (SSSR count). The number of rotatable bonds is 4. The average Bonchev–Trinajstić information content (AvgIpc) is 3.16. The molecule has 0 radical (unpaired) electrons. The number of pyridine rings is 2. The molecule has 0 saturated carbocycles. The van der Waals surface area contributed by atoms with Crippen molar-refractivity contribution >= 4 is 38.8 Å². The third kappa shape index (κ3) is 2.91. The van der Waals surface area contributed by atoms with E-state index in [9.17, 15) is 14.4 Å². The number of halogens is 1. The van der Waals surface area contributed by atoms with E-state index in [1.54, 1.807) is 11.5 Å². The van der Waals surface area contributed by atoms with Gasteiger partial charge in [0.2, 0.25) is 0 Å². The van der Waals surface area contributed by atoms with Gasteiger partial charge in [-0.25, -0.2) is 4.98 Å². The molecule has 0 saturated heterocycles. The first-order valence-electron chi connectivity index (χ1n) is 10.3. The molecule has 9 heteroatoms. The van der Waals surface area contributed by atoms with E-state index < -0.39 is 17.4 Å². The van der Waals surface area contributed by atoms with Gasteiger partial charge in [0.05, 0.1) is 35.6 Å². The minimum atomic E-state index is -1.27. The highest BCUT2D eigenvalue weighted by molar-refractivity contribution is 9.10. The van der Waals surface area contributed by atoms with E-state index in [2.05, 4.69) is 15.9 Å². The summed E-state index contributed by atoms with van der Waals surface area (Å²) >= 11 is 3.56. The van der Waals surface area contributed by atoms with Gasteiger partial charge < -0.3 is 19.8 Å². The van der Waals surface area contributed by atoms with Crippen LogP contribution in [0, 0.1) is 0 Å². The van der Waals surface area contributed by atoms with Crippen molar-refractivity contribution < 1.29 is 19.1 Å². The Bertz CT molecular complexity index is 1370. The number of cyclic esters (lactones) is 1. The van der Waals surface area contributed by atoms with E-state index in [0.29, 0.717) is 35.5 Å². The predicted molar refractivity (Wildman–Crippen MR) is 120 cm³/mol. The fourth-order valence-corrected chi connectivity index (χ4v) is 5.01. The molecule has 0 unspecified atom stereocenters. The topological polar surface area (TPSA) is 114 Å². The quantitative estimate of drug-likeness (QED) is 0.430. The Morgan fingerprint density at radius 2 is 2.16 bits per heavy atom. The maximum Gasteiger partial charge on any atom is 0.320 e. The number of carbonyl (C=O) groups is 2. The van der Waals surface area contributed by atoms with Crippen LogP contribution in [0.3, 0.4) is 0 Å². The van der Waals surface area contributed by atoms with E-state index in [0.717, 1.165) is 20.9 Å². The van der Waals surface area contributed by atoms with Crippen LogP contribution in [0.2, 0.25) is 0 Å². The lowest BCUT2D eigenvalue weighted by Crippen LogP contribution is -2.48. The van der Waals surface area contributed by atoms with Crippen LogP contribution < -0.4 is 11.3 Å². The Morgan fingerprint density at radius 1 is 1.34 bits per heavy atom. The average molecular weight is 498 g/mol. The van der Waals surface area contributed by atoms with Gasteiger partial charge in [-0.3, -0.25) is 14.4 Å². The number of benzene rings is 1. The van der Waals surface area contributed by atoms with Crippen molar-refractivity contribution in [2.75, 3.05) is 13.2 Å². The highest BCUT2D eigenvalue weighted by Crippen LogP contribution is 2.40. The number of nitrogens with two attached hydrogens (primary N) is 1. The highest BCUT2D eigenvalue weighted by Gasteiger charge is 2.48. The number of carbonyl (C=O) groups excluding carboxylic acids is 2. The van der Waals surface area contributed by atoms with E-state index >= 15 is 0 Å². The first-order valence-corrected chi connectivity index (χ1v) is 11.1. The molecule has 4 heterocycles. The molecule has 0 fully saturated rings. The molecule has 2 aliphatic rings. The molecule has 0 amide bonds. The maximum absolute atomic E-state index is 13.4. The lowest BCUT2D eigenvalue weighted by Gasteiger charge is -2.35. The van der Waals surface area contributed by atoms with Crippen molar-refractivity contribution in [3.8, 4) is 11.4 Å². The highest BCUT2D eigenvalue weighted by atomic mass is 79.9. The van der Waals surface area contributed by atoms with Crippen molar-refractivity contribution in [2.45, 2.75) is 31.9 Å². The Labute approximate surface area is 191 Å². The fourth-order valence-electron chi connectivity index (χ4n) is 4.54. The van der Waals surface area contributed by atoms with Gasteiger partial charge in [0.25, 0.3) is 5.56 Å². The van der Waals surface area contributed by atoms with E-state index in [-0.39, 0.29) is 25.3 Å². The van der Waals surface area contributed by atoms with Crippen LogP contribution in [0.25, 0.3) is 22.3 Å².